The van der Waals surface area contributed by atoms with Gasteiger partial charge < -0.3 is 30.1 Å². The Kier molecular flexibility index (Phi) is 7.91. The molecule has 5 heterocycles. The molecular weight excluding hydrogens is 529 g/mol. The van der Waals surface area contributed by atoms with Gasteiger partial charge in [-0.25, -0.2) is 14.4 Å². The number of ether oxygens (including phenoxy) is 1. The minimum Gasteiger partial charge on any atom is -0.477 e. The van der Waals surface area contributed by atoms with Crippen LogP contribution in [0.5, 0.6) is 0 Å². The van der Waals surface area contributed by atoms with Crippen molar-refractivity contribution in [3.63, 3.8) is 0 Å². The van der Waals surface area contributed by atoms with E-state index in [1.807, 2.05) is 4.90 Å². The van der Waals surface area contributed by atoms with E-state index in [9.17, 15) is 37.5 Å². The number of alkyl halides is 3. The van der Waals surface area contributed by atoms with Gasteiger partial charge in [-0.15, -0.1) is 0 Å². The van der Waals surface area contributed by atoms with Crippen LogP contribution in [0.15, 0.2) is 22.9 Å². The summed E-state index contributed by atoms with van der Waals surface area (Å²) in [6, 6.07) is -0.303. The van der Waals surface area contributed by atoms with E-state index in [1.165, 1.54) is 4.90 Å². The summed E-state index contributed by atoms with van der Waals surface area (Å²) >= 11 is 0. The quantitative estimate of drug-likeness (QED) is 0.338. The van der Waals surface area contributed by atoms with Gasteiger partial charge in [0.1, 0.15) is 11.7 Å². The molecule has 0 radical (unpaired) electrons. The third kappa shape index (κ3) is 5.44. The maximum absolute atomic E-state index is 13.1. The Balaban J connectivity index is 0.000000448. The molecule has 5 aliphatic rings. The highest BCUT2D eigenvalue weighted by molar-refractivity contribution is 6.02. The van der Waals surface area contributed by atoms with Crippen molar-refractivity contribution in [3.05, 3.63) is 22.9 Å². The molecule has 4 fully saturated rings. The zero-order valence-corrected chi connectivity index (χ0v) is 21.1. The first-order valence-electron chi connectivity index (χ1n) is 12.6. The molecule has 0 saturated carbocycles. The Morgan fingerprint density at radius 2 is 1.77 bits per heavy atom. The van der Waals surface area contributed by atoms with Gasteiger partial charge in [-0.05, 0) is 50.2 Å². The number of hydrogen-bond acceptors (Lipinski definition) is 7. The molecule has 15 heteroatoms. The smallest absolute Gasteiger partial charge is 0.477 e. The van der Waals surface area contributed by atoms with Gasteiger partial charge in [-0.1, -0.05) is 0 Å². The van der Waals surface area contributed by atoms with Crippen molar-refractivity contribution < 1.29 is 52.1 Å². The number of nitrogens with zero attached hydrogens (tertiary/aromatic N) is 3. The normalized spacial score (nSPS) is 27.7. The number of carbonyl (C=O) groups excluding carboxylic acids is 3. The highest BCUT2D eigenvalue weighted by atomic mass is 19.4. The number of piperidine rings is 1. The van der Waals surface area contributed by atoms with Gasteiger partial charge in [-0.3, -0.25) is 14.5 Å². The molecule has 5 rings (SSSR count). The summed E-state index contributed by atoms with van der Waals surface area (Å²) in [6.07, 6.45) is -1.19. The Morgan fingerprint density at radius 1 is 1.13 bits per heavy atom. The zero-order chi connectivity index (χ0) is 28.6. The number of aliphatic carboxylic acids is 2. The van der Waals surface area contributed by atoms with Crippen molar-refractivity contribution in [1.29, 1.82) is 0 Å². The van der Waals surface area contributed by atoms with Gasteiger partial charge in [0.05, 0.1) is 12.6 Å². The molecule has 0 spiro atoms. The molecule has 4 saturated heterocycles. The molecule has 3 amide bonds. The van der Waals surface area contributed by atoms with E-state index in [0.29, 0.717) is 69.6 Å². The maximum Gasteiger partial charge on any atom is 0.490 e. The highest BCUT2D eigenvalue weighted by Crippen LogP contribution is 2.44. The largest absolute Gasteiger partial charge is 0.490 e. The van der Waals surface area contributed by atoms with Crippen molar-refractivity contribution in [3.8, 4) is 0 Å². The van der Waals surface area contributed by atoms with Crippen LogP contribution < -0.4 is 5.32 Å². The maximum atomic E-state index is 13.1. The van der Waals surface area contributed by atoms with Crippen LogP contribution in [0.4, 0.5) is 18.0 Å². The Bertz CT molecular complexity index is 1130. The number of carboxylic acids is 2. The molecule has 0 aliphatic carbocycles. The topological polar surface area (TPSA) is 157 Å². The monoisotopic (exact) mass is 558 g/mol. The third-order valence-corrected chi connectivity index (χ3v) is 7.64. The van der Waals surface area contributed by atoms with Crippen LogP contribution in [-0.2, 0) is 23.9 Å². The Hall–Kier alpha value is -3.62. The summed E-state index contributed by atoms with van der Waals surface area (Å²) in [5.74, 6) is -3.97. The lowest BCUT2D eigenvalue weighted by molar-refractivity contribution is -0.192. The van der Waals surface area contributed by atoms with Crippen molar-refractivity contribution in [1.82, 2.24) is 20.0 Å². The first-order valence-corrected chi connectivity index (χ1v) is 12.6. The van der Waals surface area contributed by atoms with Gasteiger partial charge in [0.2, 0.25) is 11.8 Å². The highest BCUT2D eigenvalue weighted by Gasteiger charge is 2.59. The molecule has 214 valence electrons. The predicted octanol–water partition coefficient (Wildman–Crippen LogP) is 0.941. The number of carboxylic acid groups (broad SMARTS) is 2. The molecular formula is C24H29F3N4O8. The summed E-state index contributed by atoms with van der Waals surface area (Å²) in [5, 5.41) is 20.1. The predicted molar refractivity (Wildman–Crippen MR) is 125 cm³/mol. The summed E-state index contributed by atoms with van der Waals surface area (Å²) in [5.41, 5.74) is 1.19. The van der Waals surface area contributed by atoms with E-state index in [0.717, 1.165) is 0 Å². The first-order chi connectivity index (χ1) is 18.3. The molecule has 0 aromatic rings. The van der Waals surface area contributed by atoms with Crippen LogP contribution in [0.1, 0.15) is 32.6 Å². The number of likely N-dealkylation sites (tertiary alicyclic amines) is 2. The van der Waals surface area contributed by atoms with Crippen LogP contribution in [0.25, 0.3) is 0 Å². The van der Waals surface area contributed by atoms with Gasteiger partial charge in [0, 0.05) is 37.8 Å². The molecule has 3 N–H and O–H groups in total. The SMILES string of the molecule is CCOC(=O)N1CCC(N2CC/C(=C\C3=C(C(=O)O)N4C(=O)[C@H]5NC[C@@H](C3)[C@H]54)C2=O)CC1.O=C(O)C(F)(F)F. The number of hydrogen-bond donors (Lipinski definition) is 3. The molecule has 3 atom stereocenters. The number of rotatable bonds is 4. The van der Waals surface area contributed by atoms with E-state index >= 15 is 0 Å². The lowest BCUT2D eigenvalue weighted by Gasteiger charge is -2.48. The zero-order valence-electron chi connectivity index (χ0n) is 21.1. The number of halogens is 3. The number of amides is 3. The molecule has 0 aromatic carbocycles. The fourth-order valence-electron chi connectivity index (χ4n) is 5.85. The van der Waals surface area contributed by atoms with Crippen LogP contribution in [-0.4, -0.2) is 112 Å². The second-order valence-electron chi connectivity index (χ2n) is 9.87. The summed E-state index contributed by atoms with van der Waals surface area (Å²) in [6.45, 7) is 4.48. The third-order valence-electron chi connectivity index (χ3n) is 7.64. The van der Waals surface area contributed by atoms with E-state index in [-0.39, 0.29) is 47.6 Å². The van der Waals surface area contributed by atoms with Gasteiger partial charge in [-0.2, -0.15) is 13.2 Å². The molecule has 5 aliphatic heterocycles. The van der Waals surface area contributed by atoms with Crippen molar-refractivity contribution in [2.75, 3.05) is 32.8 Å². The molecule has 0 aromatic heterocycles. The van der Waals surface area contributed by atoms with Crippen molar-refractivity contribution in [2.45, 2.75) is 56.9 Å². The van der Waals surface area contributed by atoms with Crippen molar-refractivity contribution >= 4 is 29.8 Å². The standard InChI is InChI=1S/C22H28N4O6.C2HF3O2/c1-2-32-22(31)24-6-4-15(5-7-24)25-8-3-12(19(25)27)9-13-10-14-11-23-16-17(14)26(20(16)28)18(13)21(29)30;3-2(4,5)1(6)7/h9,14-17,23H,2-8,10-11H2,1H3,(H,29,30);(H,6,7)/b12-9+;/t14-,16+,17-;/m1./s1. The summed E-state index contributed by atoms with van der Waals surface area (Å²) < 4.78 is 36.8. The van der Waals surface area contributed by atoms with Gasteiger partial charge in [0.15, 0.2) is 0 Å². The van der Waals surface area contributed by atoms with Crippen LogP contribution in [0, 0.1) is 5.92 Å². The Morgan fingerprint density at radius 3 is 2.33 bits per heavy atom. The van der Waals surface area contributed by atoms with E-state index < -0.39 is 18.1 Å². The molecule has 12 nitrogen and oxygen atoms in total. The van der Waals surface area contributed by atoms with Crippen LogP contribution in [0.2, 0.25) is 0 Å². The minimum absolute atomic E-state index is 0.0256. The Labute approximate surface area is 221 Å². The van der Waals surface area contributed by atoms with Gasteiger partial charge in [0.25, 0.3) is 0 Å². The summed E-state index contributed by atoms with van der Waals surface area (Å²) in [4.78, 5) is 63.3. The minimum atomic E-state index is -5.08. The number of allylic oxidation sites excluding steroid dienone is 2. The fraction of sp³-hybridized carbons (Fsp3) is 0.625. The van der Waals surface area contributed by atoms with Crippen LogP contribution in [0.3, 0.4) is 0 Å². The van der Waals surface area contributed by atoms with Gasteiger partial charge >= 0.3 is 24.2 Å². The second-order valence-corrected chi connectivity index (χ2v) is 9.87. The fourth-order valence-corrected chi connectivity index (χ4v) is 5.85. The first kappa shape index (κ1) is 28.4. The molecule has 0 bridgehead atoms. The van der Waals surface area contributed by atoms with Crippen LogP contribution >= 0.6 is 0 Å². The molecule has 0 unspecified atom stereocenters. The lowest BCUT2D eigenvalue weighted by Crippen LogP contribution is -2.68. The van der Waals surface area contributed by atoms with E-state index in [2.05, 4.69) is 5.32 Å². The lowest BCUT2D eigenvalue weighted by atomic mass is 9.79. The van der Waals surface area contributed by atoms with E-state index in [4.69, 9.17) is 14.6 Å². The number of carbonyl (C=O) groups is 5. The van der Waals surface area contributed by atoms with Crippen molar-refractivity contribution in [2.24, 2.45) is 5.92 Å². The van der Waals surface area contributed by atoms with E-state index in [1.54, 1.807) is 17.9 Å². The number of β-lactam (4-membered cyclic amide) rings is 1. The average Bonchev–Trinajstić information content (AvgIpc) is 3.45. The average molecular weight is 559 g/mol. The number of nitrogens with one attached hydrogen (secondary N) is 1. The second kappa shape index (κ2) is 10.9. The summed E-state index contributed by atoms with van der Waals surface area (Å²) in [7, 11) is 0. The molecule has 39 heavy (non-hydrogen) atoms.